The number of anilines is 2. The Labute approximate surface area is 334 Å². The van der Waals surface area contributed by atoms with Crippen LogP contribution in [0, 0.1) is 11.6 Å². The molecule has 58 heavy (non-hydrogen) atoms. The maximum absolute atomic E-state index is 17.4. The maximum atomic E-state index is 17.4. The molecule has 12 nitrogen and oxygen atoms in total. The van der Waals surface area contributed by atoms with Gasteiger partial charge in [-0.25, -0.2) is 27.9 Å². The standard InChI is InChI=1S/C43H48F3N7O5/c1-4-6-7-8-18-57-42(55)50-38-30(11-9-15-47-38)25(3)53-17-19-56-40-34-37(49-41(51-39(34)53)58-24-43-14-10-16-52(43)23-27(44)22-43)35(46)36(48-40)31-21-28(54)20-26-12-13-32(45)29(5-2)33(26)31/h9,11-13,15,20-21,25,27,54H,4-8,10,14,16-19,22-24H2,1-3H3,(H,47,50,55)/t25-,27-,43+/m1/s1. The third-order valence-corrected chi connectivity index (χ3v) is 11.8. The van der Waals surface area contributed by atoms with Gasteiger partial charge in [0.25, 0.3) is 0 Å². The largest absolute Gasteiger partial charge is 0.508 e. The van der Waals surface area contributed by atoms with Gasteiger partial charge in [-0.05, 0) is 79.8 Å². The van der Waals surface area contributed by atoms with Gasteiger partial charge in [0.05, 0.1) is 24.7 Å². The van der Waals surface area contributed by atoms with Crippen molar-refractivity contribution in [3.8, 4) is 28.9 Å². The number of hydrogen-bond acceptors (Lipinski definition) is 11. The summed E-state index contributed by atoms with van der Waals surface area (Å²) < 4.78 is 65.5. The van der Waals surface area contributed by atoms with Gasteiger partial charge in [0, 0.05) is 30.3 Å². The number of ether oxygens (including phenoxy) is 3. The summed E-state index contributed by atoms with van der Waals surface area (Å²) in [5, 5.41) is 14.7. The average Bonchev–Trinajstić information content (AvgIpc) is 3.67. The van der Waals surface area contributed by atoms with Crippen LogP contribution in [0.1, 0.15) is 82.9 Å². The van der Waals surface area contributed by atoms with Crippen molar-refractivity contribution in [1.29, 1.82) is 0 Å². The third-order valence-electron chi connectivity index (χ3n) is 11.8. The second kappa shape index (κ2) is 16.4. The molecule has 15 heteroatoms. The summed E-state index contributed by atoms with van der Waals surface area (Å²) in [4.78, 5) is 35.6. The summed E-state index contributed by atoms with van der Waals surface area (Å²) in [7, 11) is 0. The number of aryl methyl sites for hydroxylation is 1. The highest BCUT2D eigenvalue weighted by atomic mass is 19.1. The van der Waals surface area contributed by atoms with Crippen molar-refractivity contribution in [3.05, 3.63) is 65.4 Å². The second-order valence-electron chi connectivity index (χ2n) is 15.4. The smallest absolute Gasteiger partial charge is 0.412 e. The number of amides is 1. The fourth-order valence-electron chi connectivity index (χ4n) is 8.92. The van der Waals surface area contributed by atoms with Gasteiger partial charge in [0.2, 0.25) is 5.88 Å². The van der Waals surface area contributed by atoms with Crippen LogP contribution < -0.4 is 19.7 Å². The molecule has 3 aromatic heterocycles. The molecule has 2 saturated heterocycles. The van der Waals surface area contributed by atoms with Gasteiger partial charge >= 0.3 is 12.1 Å². The highest BCUT2D eigenvalue weighted by Crippen LogP contribution is 2.45. The molecule has 2 aromatic carbocycles. The number of phenolic OH excluding ortho intramolecular Hbond substituents is 1. The molecule has 0 saturated carbocycles. The Balaban J connectivity index is 1.24. The lowest BCUT2D eigenvalue weighted by Crippen LogP contribution is -2.43. The molecule has 5 aromatic rings. The Morgan fingerprint density at radius 2 is 1.97 bits per heavy atom. The molecule has 0 spiro atoms. The summed E-state index contributed by atoms with van der Waals surface area (Å²) in [6, 6.07) is 8.67. The van der Waals surface area contributed by atoms with Gasteiger partial charge in [0.1, 0.15) is 59.2 Å². The van der Waals surface area contributed by atoms with E-state index in [-0.39, 0.29) is 77.8 Å². The predicted molar refractivity (Wildman–Crippen MR) is 214 cm³/mol. The Hall–Kier alpha value is -5.44. The number of phenols is 1. The van der Waals surface area contributed by atoms with E-state index in [1.807, 2.05) is 17.9 Å². The van der Waals surface area contributed by atoms with E-state index < -0.39 is 35.5 Å². The fourth-order valence-corrected chi connectivity index (χ4v) is 8.92. The van der Waals surface area contributed by atoms with Gasteiger partial charge in [-0.2, -0.15) is 9.97 Å². The Bertz CT molecular complexity index is 2350. The van der Waals surface area contributed by atoms with Gasteiger partial charge < -0.3 is 24.2 Å². The van der Waals surface area contributed by atoms with Crippen LogP contribution in [0.2, 0.25) is 0 Å². The van der Waals surface area contributed by atoms with Crippen molar-refractivity contribution in [3.63, 3.8) is 0 Å². The summed E-state index contributed by atoms with van der Waals surface area (Å²) in [6.45, 7) is 7.64. The molecule has 0 aliphatic carbocycles. The molecule has 3 atom stereocenters. The Morgan fingerprint density at radius 3 is 2.79 bits per heavy atom. The summed E-state index contributed by atoms with van der Waals surface area (Å²) >= 11 is 0. The number of rotatable bonds is 13. The molecular weight excluding hydrogens is 752 g/mol. The topological polar surface area (TPSA) is 135 Å². The van der Waals surface area contributed by atoms with Crippen molar-refractivity contribution < 1.29 is 37.3 Å². The summed E-state index contributed by atoms with van der Waals surface area (Å²) in [5.41, 5.74) is 0.274. The van der Waals surface area contributed by atoms with Crippen LogP contribution in [-0.2, 0) is 11.2 Å². The number of unbranched alkanes of at least 4 members (excludes halogenated alkanes) is 3. The van der Waals surface area contributed by atoms with Crippen LogP contribution in [0.3, 0.4) is 0 Å². The van der Waals surface area contributed by atoms with Gasteiger partial charge in [-0.3, -0.25) is 10.2 Å². The van der Waals surface area contributed by atoms with Crippen LogP contribution in [0.15, 0.2) is 42.6 Å². The van der Waals surface area contributed by atoms with Crippen molar-refractivity contribution >= 4 is 39.4 Å². The molecular formula is C43H48F3N7O5. The van der Waals surface area contributed by atoms with E-state index in [1.54, 1.807) is 19.2 Å². The van der Waals surface area contributed by atoms with Gasteiger partial charge in [0.15, 0.2) is 5.82 Å². The average molecular weight is 800 g/mol. The minimum Gasteiger partial charge on any atom is -0.508 e. The summed E-state index contributed by atoms with van der Waals surface area (Å²) in [5.74, 6) is -0.864. The minimum absolute atomic E-state index is 0.0430. The van der Waals surface area contributed by atoms with Crippen molar-refractivity contribution in [2.45, 2.75) is 89.9 Å². The molecule has 0 radical (unpaired) electrons. The van der Waals surface area contributed by atoms with Crippen LogP contribution in [0.25, 0.3) is 32.9 Å². The molecule has 6 heterocycles. The molecule has 1 amide bonds. The fraction of sp³-hybridized carbons (Fsp3) is 0.465. The molecule has 3 aliphatic heterocycles. The number of nitrogens with zero attached hydrogens (tertiary/aromatic N) is 6. The first-order valence-electron chi connectivity index (χ1n) is 20.3. The molecule has 2 N–H and O–H groups in total. The molecule has 0 unspecified atom stereocenters. The number of aromatic nitrogens is 4. The van der Waals surface area contributed by atoms with E-state index in [0.717, 1.165) is 45.1 Å². The number of fused-ring (bicyclic) bond motifs is 2. The normalized spacial score (nSPS) is 19.6. The number of nitrogens with one attached hydrogen (secondary N) is 1. The Morgan fingerprint density at radius 1 is 1.10 bits per heavy atom. The Kier molecular flexibility index (Phi) is 11.2. The number of hydrogen-bond donors (Lipinski definition) is 2. The number of benzene rings is 2. The number of pyridine rings is 2. The van der Waals surface area contributed by atoms with E-state index in [4.69, 9.17) is 24.2 Å². The third kappa shape index (κ3) is 7.40. The first-order valence-corrected chi connectivity index (χ1v) is 20.3. The van der Waals surface area contributed by atoms with Crippen LogP contribution in [0.4, 0.5) is 29.6 Å². The van der Waals surface area contributed by atoms with Crippen molar-refractivity contribution in [1.82, 2.24) is 24.8 Å². The quantitative estimate of drug-likeness (QED) is 0.111. The van der Waals surface area contributed by atoms with E-state index in [2.05, 4.69) is 27.1 Å². The van der Waals surface area contributed by atoms with Crippen LogP contribution in [0.5, 0.6) is 17.6 Å². The summed E-state index contributed by atoms with van der Waals surface area (Å²) in [6.07, 6.45) is 6.08. The number of halogens is 3. The second-order valence-corrected chi connectivity index (χ2v) is 15.4. The van der Waals surface area contributed by atoms with E-state index in [1.165, 1.54) is 24.3 Å². The molecule has 8 rings (SSSR count). The first-order chi connectivity index (χ1) is 28.1. The van der Waals surface area contributed by atoms with E-state index in [9.17, 15) is 14.3 Å². The predicted octanol–water partition coefficient (Wildman–Crippen LogP) is 8.83. The number of alkyl halides is 1. The number of carbonyl (C=O) groups excluding carboxylic acids is 1. The van der Waals surface area contributed by atoms with Gasteiger partial charge in [-0.15, -0.1) is 0 Å². The lowest BCUT2D eigenvalue weighted by molar-refractivity contribution is 0.107. The molecule has 306 valence electrons. The molecule has 3 aliphatic rings. The van der Waals surface area contributed by atoms with Crippen LogP contribution >= 0.6 is 0 Å². The lowest BCUT2D eigenvalue weighted by atomic mass is 9.94. The number of carbonyl (C=O) groups is 1. The zero-order chi connectivity index (χ0) is 40.6. The first kappa shape index (κ1) is 39.4. The lowest BCUT2D eigenvalue weighted by Gasteiger charge is -2.32. The monoisotopic (exact) mass is 799 g/mol. The highest BCUT2D eigenvalue weighted by Gasteiger charge is 2.49. The molecule has 2 fully saturated rings. The van der Waals surface area contributed by atoms with E-state index in [0.29, 0.717) is 41.3 Å². The molecule has 0 bridgehead atoms. The highest BCUT2D eigenvalue weighted by molar-refractivity contribution is 6.03. The van der Waals surface area contributed by atoms with Crippen LogP contribution in [-0.4, -0.2) is 87.2 Å². The van der Waals surface area contributed by atoms with E-state index >= 15 is 8.78 Å². The zero-order valence-electron chi connectivity index (χ0n) is 33.0. The number of aromatic hydroxyl groups is 1. The van der Waals surface area contributed by atoms with Gasteiger partial charge in [-0.1, -0.05) is 45.2 Å². The SMILES string of the molecule is CCCCCCOC(=O)Nc1ncccc1[C@@H](C)N1CCOc2nc(-c3cc(O)cc4ccc(F)c(CC)c34)c(F)c3nc(OC[C@@]45CCCN4C[C@H](F)C5)nc1c23. The van der Waals surface area contributed by atoms with Crippen molar-refractivity contribution in [2.24, 2.45) is 0 Å². The minimum atomic E-state index is -0.983. The zero-order valence-corrected chi connectivity index (χ0v) is 33.0. The maximum Gasteiger partial charge on any atom is 0.412 e. The van der Waals surface area contributed by atoms with Crippen molar-refractivity contribution in [2.75, 3.05) is 49.7 Å².